The van der Waals surface area contributed by atoms with Crippen LogP contribution < -0.4 is 27.7 Å². The van der Waals surface area contributed by atoms with Crippen molar-refractivity contribution in [1.29, 1.82) is 0 Å². The summed E-state index contributed by atoms with van der Waals surface area (Å²) < 4.78 is 1.09. The summed E-state index contributed by atoms with van der Waals surface area (Å²) in [5.74, 6) is -5.65. The highest BCUT2D eigenvalue weighted by atomic mass is 16.2. The van der Waals surface area contributed by atoms with Crippen LogP contribution in [0.3, 0.4) is 0 Å². The van der Waals surface area contributed by atoms with Gasteiger partial charge in [0.2, 0.25) is 23.6 Å². The average Bonchev–Trinajstić information content (AvgIpc) is 3.21. The fourth-order valence-corrected chi connectivity index (χ4v) is 15.1. The topological polar surface area (TPSA) is 202 Å². The first kappa shape index (κ1) is 63.0. The van der Waals surface area contributed by atoms with E-state index in [1.165, 1.54) is 0 Å². The lowest BCUT2D eigenvalue weighted by molar-refractivity contribution is -0.135. The molecule has 2 N–H and O–H groups in total. The molecule has 426 valence electrons. The minimum Gasteiger partial charge on any atom is -0.338 e. The Morgan fingerprint density at radius 2 is 0.680 bits per heavy atom. The van der Waals surface area contributed by atoms with Crippen LogP contribution in [0.2, 0.25) is 0 Å². The van der Waals surface area contributed by atoms with Crippen LogP contribution in [0, 0.1) is 50.2 Å². The van der Waals surface area contributed by atoms with Crippen LogP contribution in [0.15, 0.2) is 14.4 Å². The molecule has 4 rings (SSSR count). The lowest BCUT2D eigenvalue weighted by Crippen LogP contribution is -2.62. The molecule has 6 atom stereocenters. The first-order valence-corrected chi connectivity index (χ1v) is 28.2. The summed E-state index contributed by atoms with van der Waals surface area (Å²) in [4.78, 5) is 137. The third-order valence-corrected chi connectivity index (χ3v) is 16.6. The molecule has 1 aromatic heterocycles. The number of hydrogen-bond donors (Lipinski definition) is 2. The highest BCUT2D eigenvalue weighted by Crippen LogP contribution is 2.52. The molecular formula is C58H100N8O9. The number of urea groups is 2. The Kier molecular flexibility index (Phi) is 19.5. The smallest absolute Gasteiger partial charge is 0.338 e. The van der Waals surface area contributed by atoms with Gasteiger partial charge in [-0.15, -0.1) is 0 Å². The summed E-state index contributed by atoms with van der Waals surface area (Å²) in [6.45, 7) is 41.7. The maximum Gasteiger partial charge on any atom is 0.350 e. The van der Waals surface area contributed by atoms with Crippen molar-refractivity contribution in [3.05, 3.63) is 31.5 Å². The van der Waals surface area contributed by atoms with Crippen molar-refractivity contribution in [1.82, 2.24) is 39.0 Å². The number of carbonyl (C=O) groups excluding carboxylic acids is 6. The second-order valence-electron chi connectivity index (χ2n) is 28.6. The Hall–Kier alpha value is -4.57. The zero-order valence-electron chi connectivity index (χ0n) is 50.2. The summed E-state index contributed by atoms with van der Waals surface area (Å²) in [6.07, 6.45) is 3.83. The number of hydrogen-bond acceptors (Lipinski definition) is 9. The highest BCUT2D eigenvalue weighted by molar-refractivity contribution is 5.87. The molecule has 17 nitrogen and oxygen atoms in total. The molecule has 1 aromatic rings. The summed E-state index contributed by atoms with van der Waals surface area (Å²) in [6, 6.07) is -0.848. The molecule has 1 heterocycles. The molecule has 5 amide bonds. The molecule has 3 saturated carbocycles. The quantitative estimate of drug-likeness (QED) is 0.162. The predicted molar refractivity (Wildman–Crippen MR) is 296 cm³/mol. The van der Waals surface area contributed by atoms with Crippen LogP contribution in [0.1, 0.15) is 230 Å². The predicted octanol–water partition coefficient (Wildman–Crippen LogP) is 9.67. The van der Waals surface area contributed by atoms with Crippen LogP contribution in [0.25, 0.3) is 0 Å². The van der Waals surface area contributed by atoms with E-state index in [1.807, 2.05) is 150 Å². The monoisotopic (exact) mass is 1050 g/mol. The third kappa shape index (κ3) is 14.9. The first-order chi connectivity index (χ1) is 34.1. The fraction of sp³-hybridized carbons (Fsp3) is 0.845. The molecule has 0 saturated heterocycles. The van der Waals surface area contributed by atoms with Gasteiger partial charge in [-0.3, -0.25) is 19.2 Å². The van der Waals surface area contributed by atoms with Crippen molar-refractivity contribution in [3.63, 3.8) is 0 Å². The Labute approximate surface area is 449 Å². The molecule has 3 fully saturated rings. The van der Waals surface area contributed by atoms with Gasteiger partial charge in [0.05, 0.1) is 0 Å². The molecule has 0 radical (unpaired) electrons. The summed E-state index contributed by atoms with van der Waals surface area (Å²) in [5.41, 5.74) is -7.71. The molecule has 3 aliphatic carbocycles. The Balaban J connectivity index is 1.89. The standard InChI is InChI=1S/C58H100N8O9/c1-35(2)61(36(3)4)44(67)22-23-56(19)27-41(24-53(13,14)30-56)45(68)64-50(73)65(46(69)42-25-54(15,16)31-57(20,28-42)33-59-48(71)62(37(5)6)38(7)8)52(75)66(51(64)74)47(70)43-26-55(17,18)32-58(21,29-43)34-60-49(72)63(39(9)10)40(11)12/h35-43H,22-34H2,1-21H3,(H,59,71)(H,60,72). The highest BCUT2D eigenvalue weighted by Gasteiger charge is 2.50. The van der Waals surface area contributed by atoms with Crippen LogP contribution >= 0.6 is 0 Å². The Morgan fingerprint density at radius 3 is 0.947 bits per heavy atom. The van der Waals surface area contributed by atoms with Gasteiger partial charge >= 0.3 is 29.1 Å². The van der Waals surface area contributed by atoms with E-state index < -0.39 is 85.0 Å². The molecule has 3 aliphatic rings. The second kappa shape index (κ2) is 23.2. The van der Waals surface area contributed by atoms with Gasteiger partial charge in [-0.05, 0) is 180 Å². The van der Waals surface area contributed by atoms with E-state index >= 15 is 28.8 Å². The van der Waals surface area contributed by atoms with Crippen LogP contribution in [0.4, 0.5) is 9.59 Å². The fourth-order valence-electron chi connectivity index (χ4n) is 15.1. The van der Waals surface area contributed by atoms with E-state index in [4.69, 9.17) is 0 Å². The van der Waals surface area contributed by atoms with E-state index in [2.05, 4.69) is 10.6 Å². The number of aromatic nitrogens is 3. The van der Waals surface area contributed by atoms with E-state index in [0.29, 0.717) is 39.4 Å². The molecule has 6 unspecified atom stereocenters. The van der Waals surface area contributed by atoms with Gasteiger partial charge in [-0.2, -0.15) is 13.7 Å². The lowest BCUT2D eigenvalue weighted by Gasteiger charge is -2.47. The molecule has 0 aromatic carbocycles. The number of nitrogens with one attached hydrogen (secondary N) is 2. The normalized spacial score (nSPS) is 26.4. The minimum absolute atomic E-state index is 0.00870. The van der Waals surface area contributed by atoms with Gasteiger partial charge in [0.15, 0.2) is 0 Å². The average molecular weight is 1050 g/mol. The lowest BCUT2D eigenvalue weighted by atomic mass is 9.59. The van der Waals surface area contributed by atoms with Crippen molar-refractivity contribution in [2.24, 2.45) is 50.2 Å². The number of rotatable bonds is 16. The first-order valence-electron chi connectivity index (χ1n) is 28.2. The number of carbonyl (C=O) groups is 6. The van der Waals surface area contributed by atoms with E-state index in [0.717, 1.165) is 0 Å². The Morgan fingerprint density at radius 1 is 0.427 bits per heavy atom. The van der Waals surface area contributed by atoms with Gasteiger partial charge in [-0.25, -0.2) is 24.0 Å². The maximum atomic E-state index is 15.3. The van der Waals surface area contributed by atoms with Gasteiger partial charge in [0.1, 0.15) is 0 Å². The van der Waals surface area contributed by atoms with Gasteiger partial charge in [0, 0.05) is 73.5 Å². The Bertz CT molecular complexity index is 2160. The van der Waals surface area contributed by atoms with Crippen molar-refractivity contribution in [2.75, 3.05) is 13.1 Å². The van der Waals surface area contributed by atoms with Gasteiger partial charge in [0.25, 0.3) is 0 Å². The third-order valence-electron chi connectivity index (χ3n) is 16.6. The van der Waals surface area contributed by atoms with Crippen molar-refractivity contribution < 1.29 is 28.8 Å². The van der Waals surface area contributed by atoms with E-state index in [1.54, 1.807) is 9.80 Å². The molecule has 75 heavy (non-hydrogen) atoms. The van der Waals surface area contributed by atoms with Crippen LogP contribution in [-0.4, -0.2) is 113 Å². The zero-order valence-corrected chi connectivity index (χ0v) is 50.2. The van der Waals surface area contributed by atoms with Crippen LogP contribution in [0.5, 0.6) is 0 Å². The molecule has 17 heteroatoms. The van der Waals surface area contributed by atoms with Crippen molar-refractivity contribution in [2.45, 2.75) is 252 Å². The van der Waals surface area contributed by atoms with E-state index in [9.17, 15) is 14.4 Å². The number of nitrogens with zero attached hydrogens (tertiary/aromatic N) is 6. The molecular weight excluding hydrogens is 953 g/mol. The van der Waals surface area contributed by atoms with Crippen molar-refractivity contribution in [3.8, 4) is 0 Å². The molecule has 0 spiro atoms. The zero-order chi connectivity index (χ0) is 57.5. The van der Waals surface area contributed by atoms with Gasteiger partial charge in [-0.1, -0.05) is 62.3 Å². The van der Waals surface area contributed by atoms with Gasteiger partial charge < -0.3 is 25.3 Å². The summed E-state index contributed by atoms with van der Waals surface area (Å²) in [7, 11) is 0. The van der Waals surface area contributed by atoms with Crippen LogP contribution in [-0.2, 0) is 4.79 Å². The molecule has 0 bridgehead atoms. The SMILES string of the molecule is CC(C)N(C(=O)CCC1(C)CC(C(=O)n2c(=O)n(C(=O)C3CC(C)(C)CC(C)(CNC(=O)N(C(C)C)C(C)C)C3)c(=O)n(C(=O)C3CC(C)(C)CC(C)(CNC(=O)N(C(C)C)C(C)C)C3)c2=O)CC(C)(C)C1)C(C)C. The summed E-state index contributed by atoms with van der Waals surface area (Å²) in [5, 5.41) is 6.18. The maximum absolute atomic E-state index is 15.3. The molecule has 0 aliphatic heterocycles. The van der Waals surface area contributed by atoms with E-state index in [-0.39, 0.29) is 112 Å². The minimum atomic E-state index is -1.41. The van der Waals surface area contributed by atoms with Crippen molar-refractivity contribution >= 4 is 35.7 Å². The second-order valence-corrected chi connectivity index (χ2v) is 28.6. The summed E-state index contributed by atoms with van der Waals surface area (Å²) >= 11 is 0. The number of amides is 5. The largest absolute Gasteiger partial charge is 0.350 e.